The third-order valence-electron chi connectivity index (χ3n) is 10.8. The molecule has 9 aromatic rings. The highest BCUT2D eigenvalue weighted by molar-refractivity contribution is 6.08. The summed E-state index contributed by atoms with van der Waals surface area (Å²) < 4.78 is 7.01. The summed E-state index contributed by atoms with van der Waals surface area (Å²) in [6.45, 7) is 9.34. The Morgan fingerprint density at radius 1 is 0.465 bits per heavy atom. The molecule has 2 aliphatic carbocycles. The normalized spacial score (nSPS) is 16.3. The van der Waals surface area contributed by atoms with Crippen molar-refractivity contribution in [3.05, 3.63) is 113 Å². The number of nitrogens with zero attached hydrogens (tertiary/aromatic N) is 5. The van der Waals surface area contributed by atoms with Crippen LogP contribution in [0.4, 0.5) is 0 Å². The van der Waals surface area contributed by atoms with Gasteiger partial charge in [-0.2, -0.15) is 0 Å². The van der Waals surface area contributed by atoms with Crippen LogP contribution in [-0.2, 0) is 10.8 Å². The van der Waals surface area contributed by atoms with Crippen molar-refractivity contribution >= 4 is 50.2 Å². The van der Waals surface area contributed by atoms with E-state index >= 15 is 0 Å². The van der Waals surface area contributed by atoms with Crippen molar-refractivity contribution in [2.24, 2.45) is 0 Å². The van der Waals surface area contributed by atoms with Crippen molar-refractivity contribution in [1.29, 1.82) is 0 Å². The van der Waals surface area contributed by atoms with Crippen LogP contribution in [0.2, 0.25) is 0 Å². The average molecular weight is 554 g/mol. The first kappa shape index (κ1) is 22.4. The van der Waals surface area contributed by atoms with Crippen LogP contribution in [0, 0.1) is 0 Å². The van der Waals surface area contributed by atoms with Crippen LogP contribution in [0.3, 0.4) is 0 Å². The lowest BCUT2D eigenvalue weighted by Gasteiger charge is -2.21. The first-order valence-corrected chi connectivity index (χ1v) is 15.1. The van der Waals surface area contributed by atoms with E-state index in [9.17, 15) is 0 Å². The molecule has 11 rings (SSSR count). The number of imidazole rings is 4. The van der Waals surface area contributed by atoms with Gasteiger partial charge in [-0.25, -0.2) is 14.4 Å². The number of aromatic nitrogens is 5. The van der Waals surface area contributed by atoms with Crippen LogP contribution < -0.4 is 0 Å². The Bertz CT molecular complexity index is 2730. The zero-order chi connectivity index (χ0) is 28.6. The van der Waals surface area contributed by atoms with Crippen LogP contribution in [0.15, 0.2) is 91.0 Å². The highest BCUT2D eigenvalue weighted by atomic mass is 15.3. The molecule has 204 valence electrons. The lowest BCUT2D eigenvalue weighted by atomic mass is 9.82. The van der Waals surface area contributed by atoms with Crippen LogP contribution in [0.25, 0.3) is 72.4 Å². The molecule has 5 aromatic carbocycles. The second-order valence-corrected chi connectivity index (χ2v) is 13.6. The molecule has 0 fully saturated rings. The van der Waals surface area contributed by atoms with E-state index in [1.807, 2.05) is 0 Å². The van der Waals surface area contributed by atoms with Gasteiger partial charge >= 0.3 is 0 Å². The Morgan fingerprint density at radius 3 is 1.93 bits per heavy atom. The van der Waals surface area contributed by atoms with E-state index in [-0.39, 0.29) is 10.8 Å². The number of benzene rings is 5. The fourth-order valence-corrected chi connectivity index (χ4v) is 8.76. The molecular weight excluding hydrogens is 526 g/mol. The molecule has 4 heterocycles. The average Bonchev–Trinajstić information content (AvgIpc) is 3.80. The van der Waals surface area contributed by atoms with Crippen molar-refractivity contribution in [3.8, 4) is 22.3 Å². The third-order valence-corrected chi connectivity index (χ3v) is 10.8. The summed E-state index contributed by atoms with van der Waals surface area (Å²) >= 11 is 0. The summed E-state index contributed by atoms with van der Waals surface area (Å²) in [6.07, 6.45) is 0. The second kappa shape index (κ2) is 6.73. The van der Waals surface area contributed by atoms with E-state index in [2.05, 4.69) is 132 Å². The number of rotatable bonds is 0. The zero-order valence-corrected chi connectivity index (χ0v) is 24.4. The summed E-state index contributed by atoms with van der Waals surface area (Å²) in [7, 11) is 0. The Kier molecular flexibility index (Phi) is 3.51. The van der Waals surface area contributed by atoms with Gasteiger partial charge in [0, 0.05) is 16.4 Å². The fraction of sp³-hybridized carbons (Fsp3) is 0.158. The first-order chi connectivity index (χ1) is 20.9. The molecule has 0 amide bonds. The molecule has 4 aromatic heterocycles. The number of fused-ring (bicyclic) bond motifs is 17. The van der Waals surface area contributed by atoms with E-state index in [4.69, 9.17) is 9.97 Å². The molecule has 0 unspecified atom stereocenters. The molecule has 0 saturated carbocycles. The quantitative estimate of drug-likeness (QED) is 0.188. The van der Waals surface area contributed by atoms with Crippen molar-refractivity contribution < 1.29 is 0 Å². The summed E-state index contributed by atoms with van der Waals surface area (Å²) in [4.78, 5) is 10.6. The summed E-state index contributed by atoms with van der Waals surface area (Å²) in [5.41, 5.74) is 18.5. The standard InChI is InChI=1S/C38H27N5/c1-37(2)24-13-8-6-11-21(24)32-25(37)16-17-27-33(32)42-30-15-9-14-29-34(30)43(36(42)39-27)35-40-28-19-26-22(18-31(28)41(29)35)20-10-5-7-12-23(20)38(26,3)4/h5-19H,1-4H3. The lowest BCUT2D eigenvalue weighted by molar-refractivity contribution is 0.660. The topological polar surface area (TPSA) is 39.0 Å². The van der Waals surface area contributed by atoms with Crippen LogP contribution >= 0.6 is 0 Å². The maximum absolute atomic E-state index is 5.34. The Balaban J connectivity index is 1.31. The maximum atomic E-state index is 5.34. The van der Waals surface area contributed by atoms with Gasteiger partial charge in [-0.1, -0.05) is 88.4 Å². The Labute approximate surface area is 247 Å². The molecule has 43 heavy (non-hydrogen) atoms. The molecule has 0 aliphatic heterocycles. The molecule has 5 nitrogen and oxygen atoms in total. The van der Waals surface area contributed by atoms with Crippen molar-refractivity contribution in [2.75, 3.05) is 0 Å². The van der Waals surface area contributed by atoms with Crippen molar-refractivity contribution in [2.45, 2.75) is 38.5 Å². The Hall–Kier alpha value is -5.16. The first-order valence-electron chi connectivity index (χ1n) is 15.1. The smallest absolute Gasteiger partial charge is 0.223 e. The molecule has 5 heteroatoms. The van der Waals surface area contributed by atoms with E-state index in [1.165, 1.54) is 55.5 Å². The predicted octanol–water partition coefficient (Wildman–Crippen LogP) is 8.74. The van der Waals surface area contributed by atoms with Crippen LogP contribution in [0.1, 0.15) is 49.9 Å². The highest BCUT2D eigenvalue weighted by Crippen LogP contribution is 2.52. The van der Waals surface area contributed by atoms with Crippen molar-refractivity contribution in [3.63, 3.8) is 0 Å². The predicted molar refractivity (Wildman–Crippen MR) is 174 cm³/mol. The van der Waals surface area contributed by atoms with Crippen LogP contribution in [-0.4, -0.2) is 23.2 Å². The number of hydrogen-bond acceptors (Lipinski definition) is 2. The zero-order valence-electron chi connectivity index (χ0n) is 24.4. The van der Waals surface area contributed by atoms with Gasteiger partial charge in [0.15, 0.2) is 0 Å². The maximum Gasteiger partial charge on any atom is 0.223 e. The van der Waals surface area contributed by atoms with Crippen LogP contribution in [0.5, 0.6) is 0 Å². The number of para-hydroxylation sites is 1. The van der Waals surface area contributed by atoms with Crippen molar-refractivity contribution in [1.82, 2.24) is 23.2 Å². The summed E-state index contributed by atoms with van der Waals surface area (Å²) in [6, 6.07) is 33.5. The molecule has 0 N–H and O–H groups in total. The van der Waals surface area contributed by atoms with Gasteiger partial charge in [-0.05, 0) is 69.3 Å². The molecule has 2 aliphatic rings. The molecule has 0 radical (unpaired) electrons. The monoisotopic (exact) mass is 553 g/mol. The van der Waals surface area contributed by atoms with Gasteiger partial charge in [-0.3, -0.25) is 8.80 Å². The molecule has 0 atom stereocenters. The fourth-order valence-electron chi connectivity index (χ4n) is 8.76. The minimum Gasteiger partial charge on any atom is -0.276 e. The van der Waals surface area contributed by atoms with Gasteiger partial charge in [-0.15, -0.1) is 0 Å². The molecule has 0 spiro atoms. The number of hydrogen-bond donors (Lipinski definition) is 0. The molecule has 0 bridgehead atoms. The van der Waals surface area contributed by atoms with Gasteiger partial charge in [0.25, 0.3) is 0 Å². The summed E-state index contributed by atoms with van der Waals surface area (Å²) in [5.74, 6) is 1.83. The van der Waals surface area contributed by atoms with E-state index in [0.29, 0.717) is 0 Å². The van der Waals surface area contributed by atoms with E-state index < -0.39 is 0 Å². The van der Waals surface area contributed by atoms with Gasteiger partial charge in [0.1, 0.15) is 5.52 Å². The highest BCUT2D eigenvalue weighted by Gasteiger charge is 2.39. The summed E-state index contributed by atoms with van der Waals surface area (Å²) in [5, 5.41) is 0. The molecular formula is C38H27N5. The van der Waals surface area contributed by atoms with Gasteiger partial charge in [0.2, 0.25) is 11.6 Å². The Morgan fingerprint density at radius 2 is 1.12 bits per heavy atom. The second-order valence-electron chi connectivity index (χ2n) is 13.6. The largest absolute Gasteiger partial charge is 0.276 e. The lowest BCUT2D eigenvalue weighted by Crippen LogP contribution is -2.14. The third kappa shape index (κ3) is 2.29. The van der Waals surface area contributed by atoms with E-state index in [1.54, 1.807) is 0 Å². The minimum absolute atomic E-state index is 0.0638. The molecule has 0 saturated heterocycles. The van der Waals surface area contributed by atoms with E-state index in [0.717, 1.165) is 39.1 Å². The van der Waals surface area contributed by atoms with Gasteiger partial charge in [0.05, 0.1) is 33.1 Å². The van der Waals surface area contributed by atoms with Gasteiger partial charge < -0.3 is 0 Å². The minimum atomic E-state index is -0.0642. The SMILES string of the molecule is CC1(C)c2ccccc2-c2cc3c(cc21)nc1n3c2cccc3c2n1c1nc2ccc4c(c2n31)-c1ccccc1C4(C)C.